The lowest BCUT2D eigenvalue weighted by Crippen LogP contribution is -2.16. The lowest BCUT2D eigenvalue weighted by atomic mass is 10.1. The average molecular weight is 229 g/mol. The molecule has 0 amide bonds. The van der Waals surface area contributed by atoms with Crippen LogP contribution in [0.2, 0.25) is 0 Å². The van der Waals surface area contributed by atoms with E-state index in [-0.39, 0.29) is 0 Å². The summed E-state index contributed by atoms with van der Waals surface area (Å²) in [5, 5.41) is 3.52. The third-order valence-electron chi connectivity index (χ3n) is 3.17. The molecular weight excluding hydrogens is 206 g/mol. The van der Waals surface area contributed by atoms with Crippen LogP contribution in [0.15, 0.2) is 42.5 Å². The van der Waals surface area contributed by atoms with Gasteiger partial charge in [-0.1, -0.05) is 42.5 Å². The second kappa shape index (κ2) is 7.29. The molecule has 0 atom stereocenters. The quantitative estimate of drug-likeness (QED) is 0.529. The van der Waals surface area contributed by atoms with E-state index in [0.29, 0.717) is 0 Å². The predicted octanol–water partition coefficient (Wildman–Crippen LogP) is 3.71. The van der Waals surface area contributed by atoms with Gasteiger partial charge in [0.25, 0.3) is 0 Å². The second-order valence-corrected chi connectivity index (χ2v) is 4.87. The molecule has 92 valence electrons. The van der Waals surface area contributed by atoms with Crippen LogP contribution in [-0.2, 0) is 6.42 Å². The van der Waals surface area contributed by atoms with E-state index >= 15 is 0 Å². The minimum atomic E-state index is 0.849. The molecule has 1 aliphatic carbocycles. The fourth-order valence-corrected chi connectivity index (χ4v) is 1.96. The first-order valence-electron chi connectivity index (χ1n) is 6.87. The first-order chi connectivity index (χ1) is 8.45. The molecule has 0 saturated heterocycles. The van der Waals surface area contributed by atoms with Crippen molar-refractivity contribution in [1.29, 1.82) is 0 Å². The normalized spacial score (nSPS) is 15.5. The maximum Gasteiger partial charge on any atom is 0.00683 e. The van der Waals surface area contributed by atoms with Gasteiger partial charge in [-0.2, -0.15) is 0 Å². The predicted molar refractivity (Wildman–Crippen MR) is 74.2 cm³/mol. The summed E-state index contributed by atoms with van der Waals surface area (Å²) >= 11 is 0. The Balaban J connectivity index is 1.46. The lowest BCUT2D eigenvalue weighted by Gasteiger charge is -1.99. The van der Waals surface area contributed by atoms with Gasteiger partial charge in [-0.25, -0.2) is 0 Å². The van der Waals surface area contributed by atoms with E-state index in [2.05, 4.69) is 47.8 Å². The summed E-state index contributed by atoms with van der Waals surface area (Å²) < 4.78 is 0. The molecule has 0 bridgehead atoms. The molecule has 1 N–H and O–H groups in total. The molecule has 1 saturated carbocycles. The highest BCUT2D eigenvalue weighted by atomic mass is 14.9. The molecule has 17 heavy (non-hydrogen) atoms. The summed E-state index contributed by atoms with van der Waals surface area (Å²) in [6.45, 7) is 1.15. The Kier molecular flexibility index (Phi) is 5.31. The number of rotatable bonds is 8. The van der Waals surface area contributed by atoms with Crippen LogP contribution >= 0.6 is 0 Å². The van der Waals surface area contributed by atoms with Crippen molar-refractivity contribution in [2.75, 3.05) is 6.54 Å². The smallest absolute Gasteiger partial charge is 0.00683 e. The highest BCUT2D eigenvalue weighted by Crippen LogP contribution is 2.18. The zero-order valence-electron chi connectivity index (χ0n) is 10.6. The van der Waals surface area contributed by atoms with E-state index in [1.54, 1.807) is 0 Å². The topological polar surface area (TPSA) is 12.0 Å². The molecule has 1 fully saturated rings. The Bertz CT molecular complexity index is 325. The van der Waals surface area contributed by atoms with Crippen molar-refractivity contribution < 1.29 is 0 Å². The van der Waals surface area contributed by atoms with Crippen molar-refractivity contribution >= 4 is 0 Å². The monoisotopic (exact) mass is 229 g/mol. The molecule has 1 aromatic carbocycles. The van der Waals surface area contributed by atoms with Gasteiger partial charge in [0.05, 0.1) is 0 Å². The van der Waals surface area contributed by atoms with E-state index in [0.717, 1.165) is 12.6 Å². The van der Waals surface area contributed by atoms with Crippen LogP contribution in [0.25, 0.3) is 0 Å². The van der Waals surface area contributed by atoms with Gasteiger partial charge in [0.15, 0.2) is 0 Å². The summed E-state index contributed by atoms with van der Waals surface area (Å²) in [6.07, 6.45) is 12.3. The van der Waals surface area contributed by atoms with E-state index in [9.17, 15) is 0 Å². The maximum absolute atomic E-state index is 3.52. The van der Waals surface area contributed by atoms with Gasteiger partial charge < -0.3 is 5.32 Å². The van der Waals surface area contributed by atoms with Crippen molar-refractivity contribution in [3.8, 4) is 0 Å². The molecule has 0 aromatic heterocycles. The van der Waals surface area contributed by atoms with Crippen LogP contribution in [0.4, 0.5) is 0 Å². The number of unbranched alkanes of at least 4 members (excludes halogenated alkanes) is 1. The van der Waals surface area contributed by atoms with Crippen LogP contribution in [0.5, 0.6) is 0 Å². The van der Waals surface area contributed by atoms with Crippen LogP contribution < -0.4 is 5.32 Å². The summed E-state index contributed by atoms with van der Waals surface area (Å²) in [5.74, 6) is 0. The van der Waals surface area contributed by atoms with Gasteiger partial charge >= 0.3 is 0 Å². The van der Waals surface area contributed by atoms with E-state index in [4.69, 9.17) is 0 Å². The summed E-state index contributed by atoms with van der Waals surface area (Å²) in [4.78, 5) is 0. The molecule has 1 aliphatic rings. The number of benzene rings is 1. The van der Waals surface area contributed by atoms with E-state index in [1.807, 2.05) is 0 Å². The van der Waals surface area contributed by atoms with Crippen LogP contribution in [0, 0.1) is 0 Å². The molecule has 2 rings (SSSR count). The zero-order valence-corrected chi connectivity index (χ0v) is 10.6. The molecule has 0 spiro atoms. The number of hydrogen-bond donors (Lipinski definition) is 1. The number of aryl methyl sites for hydroxylation is 1. The highest BCUT2D eigenvalue weighted by molar-refractivity contribution is 5.14. The molecule has 1 heteroatoms. The average Bonchev–Trinajstić information content (AvgIpc) is 3.18. The summed E-state index contributed by atoms with van der Waals surface area (Å²) in [7, 11) is 0. The summed E-state index contributed by atoms with van der Waals surface area (Å²) in [5.41, 5.74) is 1.45. The highest BCUT2D eigenvalue weighted by Gasteiger charge is 2.19. The molecule has 0 unspecified atom stereocenters. The van der Waals surface area contributed by atoms with Gasteiger partial charge in [-0.3, -0.25) is 0 Å². The van der Waals surface area contributed by atoms with Crippen molar-refractivity contribution in [3.05, 3.63) is 48.0 Å². The fraction of sp³-hybridized carbons (Fsp3) is 0.500. The number of nitrogens with one attached hydrogen (secondary N) is 1. The maximum atomic E-state index is 3.52. The molecular formula is C16H23N. The van der Waals surface area contributed by atoms with Gasteiger partial charge in [0.2, 0.25) is 0 Å². The fourth-order valence-electron chi connectivity index (χ4n) is 1.96. The standard InChI is InChI=1S/C16H23N/c1(3-8-14-17-16-12-13-16)2-5-9-15-10-6-4-7-11-15/h1,3-4,6-7,10-11,16-17H,2,5,8-9,12-14H2. The van der Waals surface area contributed by atoms with E-state index in [1.165, 1.54) is 44.1 Å². The van der Waals surface area contributed by atoms with E-state index < -0.39 is 0 Å². The van der Waals surface area contributed by atoms with Crippen molar-refractivity contribution in [2.45, 2.75) is 44.6 Å². The minimum absolute atomic E-state index is 0.849. The molecule has 0 radical (unpaired) electrons. The van der Waals surface area contributed by atoms with Gasteiger partial charge in [-0.05, 0) is 50.6 Å². The Morgan fingerprint density at radius 3 is 2.59 bits per heavy atom. The van der Waals surface area contributed by atoms with Crippen LogP contribution in [0.3, 0.4) is 0 Å². The Hall–Kier alpha value is -1.08. The third-order valence-corrected chi connectivity index (χ3v) is 3.17. The van der Waals surface area contributed by atoms with Gasteiger partial charge in [0, 0.05) is 6.04 Å². The molecule has 1 aromatic rings. The molecule has 0 heterocycles. The van der Waals surface area contributed by atoms with Gasteiger partial charge in [-0.15, -0.1) is 0 Å². The Morgan fingerprint density at radius 2 is 1.82 bits per heavy atom. The first kappa shape index (κ1) is 12.4. The van der Waals surface area contributed by atoms with Crippen molar-refractivity contribution in [1.82, 2.24) is 5.32 Å². The minimum Gasteiger partial charge on any atom is -0.314 e. The zero-order chi connectivity index (χ0) is 11.8. The Labute approximate surface area is 105 Å². The van der Waals surface area contributed by atoms with Crippen molar-refractivity contribution in [2.24, 2.45) is 0 Å². The molecule has 0 aliphatic heterocycles. The molecule has 1 nitrogen and oxygen atoms in total. The van der Waals surface area contributed by atoms with Crippen molar-refractivity contribution in [3.63, 3.8) is 0 Å². The van der Waals surface area contributed by atoms with Crippen LogP contribution in [-0.4, -0.2) is 12.6 Å². The second-order valence-electron chi connectivity index (χ2n) is 4.87. The largest absolute Gasteiger partial charge is 0.314 e. The Morgan fingerprint density at radius 1 is 1.06 bits per heavy atom. The number of hydrogen-bond acceptors (Lipinski definition) is 1. The summed E-state index contributed by atoms with van der Waals surface area (Å²) in [6, 6.07) is 11.6. The SMILES string of the molecule is C(=CCCNC1CC1)CCCc1ccccc1. The van der Waals surface area contributed by atoms with Crippen LogP contribution in [0.1, 0.15) is 37.7 Å². The first-order valence-corrected chi connectivity index (χ1v) is 6.87. The van der Waals surface area contributed by atoms with Gasteiger partial charge in [0.1, 0.15) is 0 Å². The third kappa shape index (κ3) is 5.69. The number of allylic oxidation sites excluding steroid dienone is 1. The lowest BCUT2D eigenvalue weighted by molar-refractivity contribution is 0.689.